The molecule has 0 bridgehead atoms. The van der Waals surface area contributed by atoms with Crippen LogP contribution in [0, 0.1) is 11.3 Å². The second-order valence-corrected chi connectivity index (χ2v) is 7.70. The number of benzene rings is 2. The van der Waals surface area contributed by atoms with E-state index in [9.17, 15) is 8.42 Å². The van der Waals surface area contributed by atoms with Crippen molar-refractivity contribution in [2.45, 2.75) is 17.2 Å². The summed E-state index contributed by atoms with van der Waals surface area (Å²) < 4.78 is 32.2. The molecule has 6 heteroatoms. The maximum absolute atomic E-state index is 12.8. The van der Waals surface area contributed by atoms with Crippen LogP contribution in [0.1, 0.15) is 23.5 Å². The molecule has 0 spiro atoms. The average Bonchev–Trinajstić information content (AvgIpc) is 3.13. The third-order valence-corrected chi connectivity index (χ3v) is 6.20. The van der Waals surface area contributed by atoms with Gasteiger partial charge in [0.05, 0.1) is 23.6 Å². The van der Waals surface area contributed by atoms with Gasteiger partial charge in [-0.05, 0) is 48.2 Å². The lowest BCUT2D eigenvalue weighted by Gasteiger charge is -2.17. The smallest absolute Gasteiger partial charge is 0.243 e. The van der Waals surface area contributed by atoms with E-state index in [0.717, 1.165) is 17.7 Å². The van der Waals surface area contributed by atoms with Crippen LogP contribution in [0.4, 0.5) is 0 Å². The second-order valence-electron chi connectivity index (χ2n) is 5.76. The molecule has 0 aromatic heterocycles. The lowest BCUT2D eigenvalue weighted by molar-refractivity contribution is 0.414. The predicted octanol–water partition coefficient (Wildman–Crippen LogP) is 2.75. The van der Waals surface area contributed by atoms with E-state index in [2.05, 4.69) is 0 Å². The highest BCUT2D eigenvalue weighted by atomic mass is 32.2. The molecule has 0 N–H and O–H groups in total. The van der Waals surface area contributed by atoms with Gasteiger partial charge >= 0.3 is 0 Å². The van der Waals surface area contributed by atoms with Gasteiger partial charge in [0.1, 0.15) is 5.75 Å². The Morgan fingerprint density at radius 2 is 1.96 bits per heavy atom. The van der Waals surface area contributed by atoms with Crippen LogP contribution in [0.15, 0.2) is 53.4 Å². The van der Waals surface area contributed by atoms with Crippen molar-refractivity contribution in [3.05, 3.63) is 59.7 Å². The van der Waals surface area contributed by atoms with Crippen LogP contribution in [0.2, 0.25) is 0 Å². The van der Waals surface area contributed by atoms with Crippen LogP contribution >= 0.6 is 0 Å². The fourth-order valence-electron chi connectivity index (χ4n) is 2.97. The minimum Gasteiger partial charge on any atom is -0.497 e. The van der Waals surface area contributed by atoms with Crippen LogP contribution in [0.25, 0.3) is 0 Å². The Balaban J connectivity index is 1.80. The first-order chi connectivity index (χ1) is 11.5. The van der Waals surface area contributed by atoms with Crippen LogP contribution in [0.5, 0.6) is 5.75 Å². The number of hydrogen-bond donors (Lipinski definition) is 0. The number of hydrogen-bond acceptors (Lipinski definition) is 4. The molecule has 1 heterocycles. The monoisotopic (exact) mass is 342 g/mol. The summed E-state index contributed by atoms with van der Waals surface area (Å²) in [6.07, 6.45) is 0.781. The van der Waals surface area contributed by atoms with Crippen molar-refractivity contribution < 1.29 is 13.2 Å². The van der Waals surface area contributed by atoms with Crippen molar-refractivity contribution in [2.24, 2.45) is 0 Å². The highest BCUT2D eigenvalue weighted by Crippen LogP contribution is 2.32. The lowest BCUT2D eigenvalue weighted by atomic mass is 9.99. The summed E-state index contributed by atoms with van der Waals surface area (Å²) in [5, 5.41) is 8.96. The lowest BCUT2D eigenvalue weighted by Crippen LogP contribution is -2.28. The first-order valence-electron chi connectivity index (χ1n) is 7.69. The summed E-state index contributed by atoms with van der Waals surface area (Å²) in [7, 11) is -1.95. The molecule has 1 fully saturated rings. The summed E-state index contributed by atoms with van der Waals surface area (Å²) in [4.78, 5) is 0.178. The molecule has 2 aromatic carbocycles. The first-order valence-corrected chi connectivity index (χ1v) is 9.13. The van der Waals surface area contributed by atoms with Gasteiger partial charge in [-0.25, -0.2) is 8.42 Å². The molecular formula is C18H18N2O3S. The van der Waals surface area contributed by atoms with Crippen LogP contribution < -0.4 is 4.74 Å². The molecule has 1 aliphatic rings. The molecule has 0 amide bonds. The SMILES string of the molecule is COc1ccc([C@@H]2CCN(S(=O)(=O)c3cccc(C#N)c3)C2)cc1. The fourth-order valence-corrected chi connectivity index (χ4v) is 4.52. The molecule has 1 saturated heterocycles. The minimum absolute atomic E-state index is 0.171. The van der Waals surface area contributed by atoms with Gasteiger partial charge in [-0.3, -0.25) is 0 Å². The van der Waals surface area contributed by atoms with Crippen molar-refractivity contribution in [1.29, 1.82) is 5.26 Å². The topological polar surface area (TPSA) is 70.4 Å². The molecule has 3 rings (SSSR count). The van der Waals surface area contributed by atoms with Crippen molar-refractivity contribution in [3.8, 4) is 11.8 Å². The number of rotatable bonds is 4. The Morgan fingerprint density at radius 3 is 2.62 bits per heavy atom. The van der Waals surface area contributed by atoms with E-state index < -0.39 is 10.0 Å². The van der Waals surface area contributed by atoms with Gasteiger partial charge in [-0.15, -0.1) is 0 Å². The molecule has 5 nitrogen and oxygen atoms in total. The molecule has 1 atom stereocenters. The van der Waals surface area contributed by atoms with Gasteiger partial charge < -0.3 is 4.74 Å². The normalized spacial score (nSPS) is 18.2. The van der Waals surface area contributed by atoms with E-state index in [1.807, 2.05) is 30.3 Å². The van der Waals surface area contributed by atoms with E-state index in [0.29, 0.717) is 18.7 Å². The zero-order valence-electron chi connectivity index (χ0n) is 13.3. The van der Waals surface area contributed by atoms with E-state index >= 15 is 0 Å². The van der Waals surface area contributed by atoms with Crippen LogP contribution in [0.3, 0.4) is 0 Å². The fraction of sp³-hybridized carbons (Fsp3) is 0.278. The number of ether oxygens (including phenoxy) is 1. The van der Waals surface area contributed by atoms with Gasteiger partial charge in [-0.1, -0.05) is 18.2 Å². The van der Waals surface area contributed by atoms with Crippen LogP contribution in [-0.4, -0.2) is 32.9 Å². The zero-order valence-corrected chi connectivity index (χ0v) is 14.2. The highest BCUT2D eigenvalue weighted by Gasteiger charge is 2.33. The molecule has 24 heavy (non-hydrogen) atoms. The van der Waals surface area contributed by atoms with Gasteiger partial charge in [0.25, 0.3) is 0 Å². The standard InChI is InChI=1S/C18H18N2O3S/c1-23-17-7-5-15(6-8-17)16-9-10-20(13-16)24(21,22)18-4-2-3-14(11-18)12-19/h2-8,11,16H,9-10,13H2,1H3/t16-/m1/s1. The molecule has 0 radical (unpaired) electrons. The zero-order chi connectivity index (χ0) is 17.2. The van der Waals surface area contributed by atoms with E-state index in [4.69, 9.17) is 10.00 Å². The Kier molecular flexibility index (Phi) is 4.56. The second kappa shape index (κ2) is 6.63. The molecule has 0 aliphatic carbocycles. The van der Waals surface area contributed by atoms with Gasteiger partial charge in [0, 0.05) is 13.1 Å². The third-order valence-electron chi connectivity index (χ3n) is 4.34. The summed E-state index contributed by atoms with van der Waals surface area (Å²) in [5.74, 6) is 0.958. The molecular weight excluding hydrogens is 324 g/mol. The quantitative estimate of drug-likeness (QED) is 0.856. The van der Waals surface area contributed by atoms with Crippen LogP contribution in [-0.2, 0) is 10.0 Å². The summed E-state index contributed by atoms with van der Waals surface area (Å²) in [5.41, 5.74) is 1.46. The Labute approximate surface area is 142 Å². The predicted molar refractivity (Wildman–Crippen MR) is 90.3 cm³/mol. The van der Waals surface area contributed by atoms with E-state index in [-0.39, 0.29) is 10.8 Å². The number of nitriles is 1. The third kappa shape index (κ3) is 3.14. The summed E-state index contributed by atoms with van der Waals surface area (Å²) >= 11 is 0. The maximum atomic E-state index is 12.8. The Bertz CT molecular complexity index is 870. The molecule has 124 valence electrons. The first kappa shape index (κ1) is 16.5. The Hall–Kier alpha value is -2.36. The molecule has 0 saturated carbocycles. The largest absolute Gasteiger partial charge is 0.497 e. The molecule has 0 unspecified atom stereocenters. The maximum Gasteiger partial charge on any atom is 0.243 e. The van der Waals surface area contributed by atoms with Crippen molar-refractivity contribution in [3.63, 3.8) is 0 Å². The minimum atomic E-state index is -3.57. The summed E-state index contributed by atoms with van der Waals surface area (Å²) in [6, 6.07) is 15.9. The van der Waals surface area contributed by atoms with E-state index in [1.54, 1.807) is 19.2 Å². The highest BCUT2D eigenvalue weighted by molar-refractivity contribution is 7.89. The van der Waals surface area contributed by atoms with Crippen molar-refractivity contribution >= 4 is 10.0 Å². The van der Waals surface area contributed by atoms with Crippen molar-refractivity contribution in [2.75, 3.05) is 20.2 Å². The number of methoxy groups -OCH3 is 1. The van der Waals surface area contributed by atoms with Gasteiger partial charge in [-0.2, -0.15) is 9.57 Å². The van der Waals surface area contributed by atoms with Gasteiger partial charge in [0.15, 0.2) is 0 Å². The number of nitrogens with zero attached hydrogens (tertiary/aromatic N) is 2. The van der Waals surface area contributed by atoms with E-state index in [1.165, 1.54) is 16.4 Å². The number of sulfonamides is 1. The average molecular weight is 342 g/mol. The van der Waals surface area contributed by atoms with Crippen molar-refractivity contribution in [1.82, 2.24) is 4.31 Å². The molecule has 1 aliphatic heterocycles. The summed E-state index contributed by atoms with van der Waals surface area (Å²) in [6.45, 7) is 0.932. The molecule has 2 aromatic rings. The Morgan fingerprint density at radius 1 is 1.21 bits per heavy atom. The van der Waals surface area contributed by atoms with Gasteiger partial charge in [0.2, 0.25) is 10.0 Å².